The summed E-state index contributed by atoms with van der Waals surface area (Å²) in [6, 6.07) is 6.51. The molecule has 3 aliphatic heterocycles. The summed E-state index contributed by atoms with van der Waals surface area (Å²) in [6.07, 6.45) is -0.345. The Bertz CT molecular complexity index is 800. The summed E-state index contributed by atoms with van der Waals surface area (Å²) in [4.78, 5) is 0. The molecule has 0 amide bonds. The lowest BCUT2D eigenvalue weighted by Gasteiger charge is -2.28. The molecule has 3 aliphatic rings. The van der Waals surface area contributed by atoms with Crippen LogP contribution < -0.4 is 18.9 Å². The number of benzene rings is 2. The SMILES string of the molecule is Oc1cc(O)c2c(c1)OCC1c3cc4c(cc3OC21)OCO4. The molecular weight excluding hydrogens is 288 g/mol. The van der Waals surface area contributed by atoms with Crippen molar-refractivity contribution in [1.82, 2.24) is 0 Å². The zero-order chi connectivity index (χ0) is 14.8. The lowest BCUT2D eigenvalue weighted by Crippen LogP contribution is -2.23. The minimum atomic E-state index is -0.345. The predicted octanol–water partition coefficient (Wildman–Crippen LogP) is 2.44. The number of hydrogen-bond donors (Lipinski definition) is 2. The van der Waals surface area contributed by atoms with Gasteiger partial charge in [-0.1, -0.05) is 0 Å². The number of ether oxygens (including phenoxy) is 4. The quantitative estimate of drug-likeness (QED) is 0.778. The van der Waals surface area contributed by atoms with Gasteiger partial charge < -0.3 is 29.2 Å². The standard InChI is InChI=1S/C16H12O6/c17-7-1-10(18)15-14(2-7)19-5-9-8-3-12-13(21-6-20-12)4-11(8)22-16(9)15/h1-4,9,16-18H,5-6H2. The van der Waals surface area contributed by atoms with Gasteiger partial charge in [0.15, 0.2) is 11.5 Å². The minimum Gasteiger partial charge on any atom is -0.508 e. The number of phenols is 2. The van der Waals surface area contributed by atoms with Crippen molar-refractivity contribution in [2.45, 2.75) is 12.0 Å². The van der Waals surface area contributed by atoms with Gasteiger partial charge in [-0.15, -0.1) is 0 Å². The molecule has 0 radical (unpaired) electrons. The monoisotopic (exact) mass is 300 g/mol. The smallest absolute Gasteiger partial charge is 0.231 e. The first-order valence-corrected chi connectivity index (χ1v) is 6.99. The molecule has 0 saturated heterocycles. The highest BCUT2D eigenvalue weighted by molar-refractivity contribution is 5.60. The van der Waals surface area contributed by atoms with Crippen molar-refractivity contribution >= 4 is 0 Å². The molecule has 6 heteroatoms. The Labute approximate surface area is 125 Å². The number of hydrogen-bond acceptors (Lipinski definition) is 6. The first-order valence-electron chi connectivity index (χ1n) is 6.99. The molecule has 5 rings (SSSR count). The van der Waals surface area contributed by atoms with Crippen LogP contribution in [0.1, 0.15) is 23.1 Å². The minimum absolute atomic E-state index is 0.0300. The molecule has 6 nitrogen and oxygen atoms in total. The van der Waals surface area contributed by atoms with E-state index in [0.717, 1.165) is 5.56 Å². The number of rotatable bonds is 0. The Morgan fingerprint density at radius 1 is 0.864 bits per heavy atom. The van der Waals surface area contributed by atoms with Gasteiger partial charge in [0.2, 0.25) is 6.79 Å². The molecular formula is C16H12O6. The van der Waals surface area contributed by atoms with Gasteiger partial charge in [-0.2, -0.15) is 0 Å². The van der Waals surface area contributed by atoms with Gasteiger partial charge in [0, 0.05) is 23.8 Å². The van der Waals surface area contributed by atoms with Crippen molar-refractivity contribution in [3.63, 3.8) is 0 Å². The third-order valence-corrected chi connectivity index (χ3v) is 4.33. The second-order valence-corrected chi connectivity index (χ2v) is 5.58. The topological polar surface area (TPSA) is 77.4 Å². The normalized spacial score (nSPS) is 23.1. The number of fused-ring (bicyclic) bond motifs is 6. The van der Waals surface area contributed by atoms with E-state index in [-0.39, 0.29) is 30.3 Å². The van der Waals surface area contributed by atoms with Crippen LogP contribution >= 0.6 is 0 Å². The van der Waals surface area contributed by atoms with E-state index < -0.39 is 0 Å². The summed E-state index contributed by atoms with van der Waals surface area (Å²) in [5, 5.41) is 19.7. The molecule has 3 heterocycles. The van der Waals surface area contributed by atoms with Gasteiger partial charge >= 0.3 is 0 Å². The third kappa shape index (κ3) is 1.44. The van der Waals surface area contributed by atoms with Gasteiger partial charge in [-0.25, -0.2) is 0 Å². The number of aromatic hydroxyl groups is 2. The summed E-state index contributed by atoms with van der Waals surface area (Å²) >= 11 is 0. The molecule has 2 unspecified atom stereocenters. The van der Waals surface area contributed by atoms with E-state index in [4.69, 9.17) is 18.9 Å². The average molecular weight is 300 g/mol. The highest BCUT2D eigenvalue weighted by Crippen LogP contribution is 2.56. The highest BCUT2D eigenvalue weighted by Gasteiger charge is 2.43. The van der Waals surface area contributed by atoms with Crippen LogP contribution in [0.2, 0.25) is 0 Å². The van der Waals surface area contributed by atoms with E-state index in [1.807, 2.05) is 12.1 Å². The Morgan fingerprint density at radius 2 is 1.68 bits per heavy atom. The molecule has 0 bridgehead atoms. The zero-order valence-electron chi connectivity index (χ0n) is 11.4. The number of phenolic OH excluding ortho intramolecular Hbond substituents is 2. The van der Waals surface area contributed by atoms with E-state index in [9.17, 15) is 10.2 Å². The molecule has 2 aromatic rings. The fourth-order valence-corrected chi connectivity index (χ4v) is 3.33. The van der Waals surface area contributed by atoms with Crippen LogP contribution in [-0.2, 0) is 0 Å². The van der Waals surface area contributed by atoms with Crippen molar-refractivity contribution < 1.29 is 29.2 Å². The van der Waals surface area contributed by atoms with Gasteiger partial charge in [0.05, 0.1) is 18.1 Å². The second kappa shape index (κ2) is 3.91. The van der Waals surface area contributed by atoms with E-state index in [1.165, 1.54) is 12.1 Å². The van der Waals surface area contributed by atoms with Crippen LogP contribution in [0.15, 0.2) is 24.3 Å². The van der Waals surface area contributed by atoms with Crippen molar-refractivity contribution in [3.8, 4) is 34.5 Å². The molecule has 0 spiro atoms. The van der Waals surface area contributed by atoms with Gasteiger partial charge in [0.25, 0.3) is 0 Å². The summed E-state index contributed by atoms with van der Waals surface area (Å²) in [5.41, 5.74) is 1.54. The van der Waals surface area contributed by atoms with E-state index in [2.05, 4.69) is 0 Å². The van der Waals surface area contributed by atoms with Gasteiger partial charge in [-0.3, -0.25) is 0 Å². The Kier molecular flexibility index (Phi) is 2.11. The molecule has 0 aliphatic carbocycles. The van der Waals surface area contributed by atoms with Crippen LogP contribution in [0.4, 0.5) is 0 Å². The molecule has 0 aromatic heterocycles. The van der Waals surface area contributed by atoms with Crippen molar-refractivity contribution in [1.29, 1.82) is 0 Å². The molecule has 2 aromatic carbocycles. The predicted molar refractivity (Wildman–Crippen MR) is 73.9 cm³/mol. The maximum Gasteiger partial charge on any atom is 0.231 e. The molecule has 2 atom stereocenters. The van der Waals surface area contributed by atoms with E-state index in [0.29, 0.717) is 35.2 Å². The van der Waals surface area contributed by atoms with Crippen LogP contribution in [-0.4, -0.2) is 23.6 Å². The molecule has 112 valence electrons. The fourth-order valence-electron chi connectivity index (χ4n) is 3.33. The molecule has 2 N–H and O–H groups in total. The third-order valence-electron chi connectivity index (χ3n) is 4.33. The fraction of sp³-hybridized carbons (Fsp3) is 0.250. The summed E-state index contributed by atoms with van der Waals surface area (Å²) in [7, 11) is 0. The Morgan fingerprint density at radius 3 is 2.55 bits per heavy atom. The summed E-state index contributed by atoms with van der Waals surface area (Å²) in [6.45, 7) is 0.624. The maximum atomic E-state index is 10.2. The summed E-state index contributed by atoms with van der Waals surface area (Å²) < 4.78 is 22.5. The van der Waals surface area contributed by atoms with Crippen molar-refractivity contribution in [3.05, 3.63) is 35.4 Å². The lowest BCUT2D eigenvalue weighted by atomic mass is 9.88. The second-order valence-electron chi connectivity index (χ2n) is 5.58. The lowest BCUT2D eigenvalue weighted by molar-refractivity contribution is 0.134. The average Bonchev–Trinajstić information content (AvgIpc) is 3.06. The maximum absolute atomic E-state index is 10.2. The van der Waals surface area contributed by atoms with Crippen LogP contribution in [0.25, 0.3) is 0 Å². The van der Waals surface area contributed by atoms with Crippen molar-refractivity contribution in [2.24, 2.45) is 0 Å². The van der Waals surface area contributed by atoms with E-state index >= 15 is 0 Å². The Balaban J connectivity index is 1.64. The van der Waals surface area contributed by atoms with Gasteiger partial charge in [-0.05, 0) is 6.07 Å². The summed E-state index contributed by atoms with van der Waals surface area (Å²) in [5.74, 6) is 2.42. The Hall–Kier alpha value is -2.76. The molecule has 22 heavy (non-hydrogen) atoms. The highest BCUT2D eigenvalue weighted by atomic mass is 16.7. The largest absolute Gasteiger partial charge is 0.508 e. The first-order chi connectivity index (χ1) is 10.7. The molecule has 0 saturated carbocycles. The molecule has 0 fully saturated rings. The van der Waals surface area contributed by atoms with E-state index in [1.54, 1.807) is 0 Å². The van der Waals surface area contributed by atoms with Crippen molar-refractivity contribution in [2.75, 3.05) is 13.4 Å². The van der Waals surface area contributed by atoms with Gasteiger partial charge in [0.1, 0.15) is 29.1 Å². The van der Waals surface area contributed by atoms with Crippen LogP contribution in [0.3, 0.4) is 0 Å². The zero-order valence-corrected chi connectivity index (χ0v) is 11.4. The first kappa shape index (κ1) is 11.9. The van der Waals surface area contributed by atoms with Crippen LogP contribution in [0, 0.1) is 0 Å². The van der Waals surface area contributed by atoms with Crippen LogP contribution in [0.5, 0.6) is 34.5 Å².